The molecule has 0 spiro atoms. The van der Waals surface area contributed by atoms with E-state index in [-0.39, 0.29) is 0 Å². The molecule has 2 nitrogen and oxygen atoms in total. The standard InChI is InChI=1S/C14H15BrN2S/c1-7-5-9(15)6-8(2)12(7)10-3-4-11-13(10)18-14(16)17-11/h5-6,10H,3-4H2,1-2H3,(H2,16,17). The minimum absolute atomic E-state index is 0.489. The second kappa shape index (κ2) is 4.35. The van der Waals surface area contributed by atoms with Gasteiger partial charge in [0.05, 0.1) is 5.69 Å². The Balaban J connectivity index is 2.12. The van der Waals surface area contributed by atoms with E-state index in [1.165, 1.54) is 27.3 Å². The molecule has 3 rings (SSSR count). The molecule has 0 fully saturated rings. The molecule has 1 heterocycles. The third-order valence-electron chi connectivity index (χ3n) is 3.64. The zero-order chi connectivity index (χ0) is 12.9. The number of rotatable bonds is 1. The van der Waals surface area contributed by atoms with Crippen molar-refractivity contribution in [1.29, 1.82) is 0 Å². The second-order valence-corrected chi connectivity index (χ2v) is 6.89. The fourth-order valence-electron chi connectivity index (χ4n) is 2.99. The molecular formula is C14H15BrN2S. The molecule has 0 aliphatic heterocycles. The van der Waals surface area contributed by atoms with Gasteiger partial charge in [0.2, 0.25) is 0 Å². The summed E-state index contributed by atoms with van der Waals surface area (Å²) in [5.74, 6) is 0.489. The van der Waals surface area contributed by atoms with Crippen molar-refractivity contribution >= 4 is 32.4 Å². The van der Waals surface area contributed by atoms with E-state index in [1.807, 2.05) is 0 Å². The molecular weight excluding hydrogens is 308 g/mol. The van der Waals surface area contributed by atoms with Gasteiger partial charge in [-0.15, -0.1) is 11.3 Å². The highest BCUT2D eigenvalue weighted by Crippen LogP contribution is 2.44. The lowest BCUT2D eigenvalue weighted by Crippen LogP contribution is -2.01. The maximum Gasteiger partial charge on any atom is 0.180 e. The van der Waals surface area contributed by atoms with Gasteiger partial charge in [-0.1, -0.05) is 15.9 Å². The quantitative estimate of drug-likeness (QED) is 0.855. The summed E-state index contributed by atoms with van der Waals surface area (Å²) in [6.45, 7) is 4.38. The summed E-state index contributed by atoms with van der Waals surface area (Å²) in [4.78, 5) is 5.81. The number of hydrogen-bond donors (Lipinski definition) is 1. The highest BCUT2D eigenvalue weighted by molar-refractivity contribution is 9.10. The monoisotopic (exact) mass is 322 g/mol. The van der Waals surface area contributed by atoms with Gasteiger partial charge in [0.15, 0.2) is 5.13 Å². The lowest BCUT2D eigenvalue weighted by Gasteiger charge is -2.17. The number of nitrogens with two attached hydrogens (primary N) is 1. The first kappa shape index (κ1) is 12.2. The number of hydrogen-bond acceptors (Lipinski definition) is 3. The Labute approximate surface area is 119 Å². The van der Waals surface area contributed by atoms with Crippen LogP contribution in [0.2, 0.25) is 0 Å². The molecule has 18 heavy (non-hydrogen) atoms. The minimum Gasteiger partial charge on any atom is -0.375 e. The van der Waals surface area contributed by atoms with E-state index in [0.29, 0.717) is 11.0 Å². The van der Waals surface area contributed by atoms with Crippen LogP contribution in [0.15, 0.2) is 16.6 Å². The van der Waals surface area contributed by atoms with Crippen LogP contribution >= 0.6 is 27.3 Å². The average molecular weight is 323 g/mol. The lowest BCUT2D eigenvalue weighted by atomic mass is 9.90. The predicted molar refractivity (Wildman–Crippen MR) is 80.3 cm³/mol. The number of thiazole rings is 1. The Bertz CT molecular complexity index is 595. The number of nitrogens with zero attached hydrogens (tertiary/aromatic N) is 1. The molecule has 1 unspecified atom stereocenters. The van der Waals surface area contributed by atoms with E-state index >= 15 is 0 Å². The van der Waals surface area contributed by atoms with Crippen LogP contribution in [0.1, 0.15) is 39.6 Å². The zero-order valence-corrected chi connectivity index (χ0v) is 12.9. The Kier molecular flexibility index (Phi) is 2.94. The molecule has 0 amide bonds. The molecule has 1 aromatic heterocycles. The first-order valence-electron chi connectivity index (χ1n) is 6.08. The lowest BCUT2D eigenvalue weighted by molar-refractivity contribution is 0.779. The van der Waals surface area contributed by atoms with E-state index < -0.39 is 0 Å². The predicted octanol–water partition coefficient (Wildman–Crippen LogP) is 4.18. The first-order chi connectivity index (χ1) is 8.56. The Hall–Kier alpha value is -0.870. The maximum absolute atomic E-state index is 5.83. The third kappa shape index (κ3) is 1.88. The highest BCUT2D eigenvalue weighted by atomic mass is 79.9. The molecule has 0 radical (unpaired) electrons. The number of aryl methyl sites for hydroxylation is 3. The zero-order valence-electron chi connectivity index (χ0n) is 10.5. The van der Waals surface area contributed by atoms with Crippen molar-refractivity contribution in [2.24, 2.45) is 0 Å². The van der Waals surface area contributed by atoms with E-state index in [9.17, 15) is 0 Å². The summed E-state index contributed by atoms with van der Waals surface area (Å²) in [5, 5.41) is 0.706. The van der Waals surface area contributed by atoms with Crippen LogP contribution in [0.3, 0.4) is 0 Å². The fraction of sp³-hybridized carbons (Fsp3) is 0.357. The van der Waals surface area contributed by atoms with Crippen LogP contribution in [0.4, 0.5) is 5.13 Å². The Morgan fingerprint density at radius 2 is 2.00 bits per heavy atom. The molecule has 1 aliphatic carbocycles. The molecule has 4 heteroatoms. The largest absolute Gasteiger partial charge is 0.375 e. The Morgan fingerprint density at radius 3 is 2.67 bits per heavy atom. The molecule has 0 saturated carbocycles. The van der Waals surface area contributed by atoms with Crippen LogP contribution in [-0.4, -0.2) is 4.98 Å². The van der Waals surface area contributed by atoms with E-state index in [4.69, 9.17) is 5.73 Å². The average Bonchev–Trinajstić information content (AvgIpc) is 2.77. The fourth-order valence-corrected chi connectivity index (χ4v) is 4.70. The SMILES string of the molecule is Cc1cc(Br)cc(C)c1C1CCc2nc(N)sc21. The van der Waals surface area contributed by atoms with Crippen LogP contribution in [-0.2, 0) is 6.42 Å². The number of fused-ring (bicyclic) bond motifs is 1. The summed E-state index contributed by atoms with van der Waals surface area (Å²) >= 11 is 5.22. The first-order valence-corrected chi connectivity index (χ1v) is 7.69. The summed E-state index contributed by atoms with van der Waals surface area (Å²) in [5.41, 5.74) is 11.2. The van der Waals surface area contributed by atoms with Crippen molar-refractivity contribution in [2.75, 3.05) is 5.73 Å². The van der Waals surface area contributed by atoms with Crippen molar-refractivity contribution in [2.45, 2.75) is 32.6 Å². The molecule has 1 atom stereocenters. The molecule has 1 aromatic carbocycles. The van der Waals surface area contributed by atoms with Crippen LogP contribution in [0.5, 0.6) is 0 Å². The summed E-state index contributed by atoms with van der Waals surface area (Å²) < 4.78 is 1.16. The minimum atomic E-state index is 0.489. The van der Waals surface area contributed by atoms with Crippen molar-refractivity contribution in [3.8, 4) is 0 Å². The van der Waals surface area contributed by atoms with E-state index in [1.54, 1.807) is 11.3 Å². The maximum atomic E-state index is 5.83. The molecule has 94 valence electrons. The van der Waals surface area contributed by atoms with Crippen molar-refractivity contribution < 1.29 is 0 Å². The summed E-state index contributed by atoms with van der Waals surface area (Å²) in [6, 6.07) is 4.40. The van der Waals surface area contributed by atoms with Crippen molar-refractivity contribution in [1.82, 2.24) is 4.98 Å². The van der Waals surface area contributed by atoms with Crippen molar-refractivity contribution in [3.63, 3.8) is 0 Å². The van der Waals surface area contributed by atoms with Crippen LogP contribution < -0.4 is 5.73 Å². The summed E-state index contributed by atoms with van der Waals surface area (Å²) in [7, 11) is 0. The van der Waals surface area contributed by atoms with Gasteiger partial charge in [-0.3, -0.25) is 0 Å². The molecule has 0 bridgehead atoms. The summed E-state index contributed by atoms with van der Waals surface area (Å²) in [6.07, 6.45) is 2.22. The number of halogens is 1. The van der Waals surface area contributed by atoms with Crippen LogP contribution in [0.25, 0.3) is 0 Å². The number of anilines is 1. The van der Waals surface area contributed by atoms with Gasteiger partial charge >= 0.3 is 0 Å². The van der Waals surface area contributed by atoms with Crippen molar-refractivity contribution in [3.05, 3.63) is 43.9 Å². The number of nitrogen functional groups attached to an aromatic ring is 1. The highest BCUT2D eigenvalue weighted by Gasteiger charge is 2.29. The molecule has 0 saturated heterocycles. The second-order valence-electron chi connectivity index (χ2n) is 4.91. The Morgan fingerprint density at radius 1 is 1.33 bits per heavy atom. The van der Waals surface area contributed by atoms with E-state index in [0.717, 1.165) is 17.3 Å². The third-order valence-corrected chi connectivity index (χ3v) is 5.14. The van der Waals surface area contributed by atoms with Crippen LogP contribution in [0, 0.1) is 13.8 Å². The molecule has 2 N–H and O–H groups in total. The van der Waals surface area contributed by atoms with Gasteiger partial charge in [-0.25, -0.2) is 4.98 Å². The molecule has 1 aliphatic rings. The normalized spacial score (nSPS) is 18.1. The van der Waals surface area contributed by atoms with Gasteiger partial charge in [-0.05, 0) is 55.5 Å². The van der Waals surface area contributed by atoms with E-state index in [2.05, 4.69) is 46.9 Å². The number of benzene rings is 1. The smallest absolute Gasteiger partial charge is 0.180 e. The van der Waals surface area contributed by atoms with Gasteiger partial charge in [0.1, 0.15) is 0 Å². The topological polar surface area (TPSA) is 38.9 Å². The van der Waals surface area contributed by atoms with Gasteiger partial charge in [0, 0.05) is 15.3 Å². The number of aromatic nitrogens is 1. The van der Waals surface area contributed by atoms with Gasteiger partial charge in [0.25, 0.3) is 0 Å². The van der Waals surface area contributed by atoms with Gasteiger partial charge < -0.3 is 5.73 Å². The van der Waals surface area contributed by atoms with Gasteiger partial charge in [-0.2, -0.15) is 0 Å². The molecule has 2 aromatic rings.